The van der Waals surface area contributed by atoms with Crippen molar-refractivity contribution in [2.24, 2.45) is 5.41 Å². The van der Waals surface area contributed by atoms with Crippen LogP contribution in [0.4, 0.5) is 0 Å². The van der Waals surface area contributed by atoms with Crippen LogP contribution in [0.2, 0.25) is 0 Å². The topological polar surface area (TPSA) is 64.0 Å². The molecule has 8 heteroatoms. The minimum absolute atomic E-state index is 0. The van der Waals surface area contributed by atoms with Gasteiger partial charge >= 0.3 is 0 Å². The van der Waals surface area contributed by atoms with Crippen molar-refractivity contribution >= 4 is 49.3 Å². The maximum Gasteiger partial charge on any atom is 0.236 e. The monoisotopic (exact) mass is 405 g/mol. The van der Waals surface area contributed by atoms with Gasteiger partial charge in [0.1, 0.15) is 4.60 Å². The van der Waals surface area contributed by atoms with Gasteiger partial charge in [0, 0.05) is 24.2 Å². The van der Waals surface area contributed by atoms with Crippen LogP contribution in [0.1, 0.15) is 31.0 Å². The molecule has 1 atom stereocenters. The fraction of sp³-hybridized carbons (Fsp3) is 0.500. The summed E-state index contributed by atoms with van der Waals surface area (Å²) in [6.07, 6.45) is 6.50. The van der Waals surface area contributed by atoms with E-state index in [0.29, 0.717) is 15.5 Å². The van der Waals surface area contributed by atoms with Gasteiger partial charge in [-0.05, 0) is 52.7 Å². The van der Waals surface area contributed by atoms with Crippen LogP contribution in [0.3, 0.4) is 0 Å². The lowest BCUT2D eigenvalue weighted by atomic mass is 10.0. The summed E-state index contributed by atoms with van der Waals surface area (Å²) in [5, 5.41) is 4.35. The second-order valence-electron chi connectivity index (χ2n) is 6.30. The average molecular weight is 407 g/mol. The van der Waals surface area contributed by atoms with Crippen molar-refractivity contribution in [3.05, 3.63) is 28.6 Å². The van der Waals surface area contributed by atoms with Crippen LogP contribution in [0.25, 0.3) is 10.9 Å². The molecule has 2 fully saturated rings. The van der Waals surface area contributed by atoms with Gasteiger partial charge in [0.2, 0.25) is 10.0 Å². The van der Waals surface area contributed by atoms with Crippen molar-refractivity contribution in [2.75, 3.05) is 12.8 Å². The zero-order valence-electron chi connectivity index (χ0n) is 12.0. The summed E-state index contributed by atoms with van der Waals surface area (Å²) in [6.45, 7) is 0.991. The van der Waals surface area contributed by atoms with Crippen LogP contribution in [0.15, 0.2) is 22.9 Å². The molecule has 1 N–H and O–H groups in total. The molecule has 0 amide bonds. The Bertz CT molecular complexity index is 845. The zero-order chi connectivity index (χ0) is 14.8. The van der Waals surface area contributed by atoms with Gasteiger partial charge in [-0.15, -0.1) is 12.4 Å². The predicted molar refractivity (Wildman–Crippen MR) is 92.0 cm³/mol. The van der Waals surface area contributed by atoms with Crippen molar-refractivity contribution in [3.8, 4) is 0 Å². The average Bonchev–Trinajstić information content (AvgIpc) is 2.84. The van der Waals surface area contributed by atoms with Gasteiger partial charge < -0.3 is 5.32 Å². The van der Waals surface area contributed by atoms with Crippen molar-refractivity contribution < 1.29 is 8.42 Å². The molecule has 2 aromatic heterocycles. The molecule has 0 aromatic carbocycles. The highest BCUT2D eigenvalue weighted by molar-refractivity contribution is 9.10. The highest BCUT2D eigenvalue weighted by Crippen LogP contribution is 2.55. The van der Waals surface area contributed by atoms with Gasteiger partial charge in [-0.25, -0.2) is 17.4 Å². The molecule has 1 saturated carbocycles. The molecule has 120 valence electrons. The number of hydrogen-bond donors (Lipinski definition) is 1. The number of nitrogens with zero attached hydrogens (tertiary/aromatic N) is 2. The molecule has 0 radical (unpaired) electrons. The Balaban J connectivity index is 0.00000144. The van der Waals surface area contributed by atoms with Crippen molar-refractivity contribution in [1.29, 1.82) is 0 Å². The smallest absolute Gasteiger partial charge is 0.236 e. The van der Waals surface area contributed by atoms with Crippen LogP contribution < -0.4 is 5.32 Å². The van der Waals surface area contributed by atoms with Crippen molar-refractivity contribution in [3.63, 3.8) is 0 Å². The van der Waals surface area contributed by atoms with Gasteiger partial charge in [-0.2, -0.15) is 0 Å². The van der Waals surface area contributed by atoms with Crippen LogP contribution >= 0.6 is 28.3 Å². The number of fused-ring (bicyclic) bond motifs is 1. The number of nitrogens with one attached hydrogen (secondary N) is 1. The Morgan fingerprint density at radius 1 is 1.41 bits per heavy atom. The molecule has 3 heterocycles. The van der Waals surface area contributed by atoms with E-state index >= 15 is 0 Å². The first-order chi connectivity index (χ1) is 9.88. The van der Waals surface area contributed by atoms with Gasteiger partial charge in [0.25, 0.3) is 0 Å². The van der Waals surface area contributed by atoms with E-state index in [1.807, 2.05) is 6.07 Å². The van der Waals surface area contributed by atoms with Crippen LogP contribution in [-0.4, -0.2) is 30.2 Å². The fourth-order valence-electron chi connectivity index (χ4n) is 3.37. The summed E-state index contributed by atoms with van der Waals surface area (Å²) >= 11 is 3.32. The quantitative estimate of drug-likeness (QED) is 0.779. The lowest BCUT2D eigenvalue weighted by Gasteiger charge is -2.14. The Morgan fingerprint density at radius 3 is 2.73 bits per heavy atom. The van der Waals surface area contributed by atoms with Crippen LogP contribution in [0.5, 0.6) is 0 Å². The van der Waals surface area contributed by atoms with Crippen molar-refractivity contribution in [2.45, 2.75) is 25.3 Å². The number of rotatable bonds is 2. The van der Waals surface area contributed by atoms with E-state index in [0.717, 1.165) is 24.0 Å². The Labute approximate surface area is 144 Å². The molecule has 1 saturated heterocycles. The Kier molecular flexibility index (Phi) is 3.83. The fourth-order valence-corrected chi connectivity index (χ4v) is 4.77. The third kappa shape index (κ3) is 2.58. The van der Waals surface area contributed by atoms with Gasteiger partial charge in [-0.3, -0.25) is 0 Å². The highest BCUT2D eigenvalue weighted by atomic mass is 79.9. The van der Waals surface area contributed by atoms with E-state index in [9.17, 15) is 8.42 Å². The predicted octanol–water partition coefficient (Wildman–Crippen LogP) is 2.84. The Morgan fingerprint density at radius 2 is 2.14 bits per heavy atom. The molecule has 1 unspecified atom stereocenters. The maximum absolute atomic E-state index is 12.3. The molecular formula is C14H17BrClN3O2S. The zero-order valence-corrected chi connectivity index (χ0v) is 15.3. The third-order valence-corrected chi connectivity index (χ3v) is 6.15. The van der Waals surface area contributed by atoms with Gasteiger partial charge in [-0.1, -0.05) is 0 Å². The lowest BCUT2D eigenvalue weighted by molar-refractivity contribution is 0.542. The highest BCUT2D eigenvalue weighted by Gasteiger charge is 2.49. The van der Waals surface area contributed by atoms with E-state index in [2.05, 4.69) is 26.2 Å². The molecular weight excluding hydrogens is 390 g/mol. The summed E-state index contributed by atoms with van der Waals surface area (Å²) in [6, 6.07) is 3.82. The molecule has 2 aliphatic rings. The summed E-state index contributed by atoms with van der Waals surface area (Å²) in [4.78, 5) is 4.20. The van der Waals surface area contributed by atoms with Gasteiger partial charge in [0.15, 0.2) is 0 Å². The molecule has 5 nitrogen and oxygen atoms in total. The minimum Gasteiger partial charge on any atom is -0.308 e. The number of halogens is 2. The van der Waals surface area contributed by atoms with E-state index in [1.165, 1.54) is 23.1 Å². The largest absolute Gasteiger partial charge is 0.308 e. The number of hydrogen-bond acceptors (Lipinski definition) is 4. The molecule has 2 aromatic rings. The first kappa shape index (κ1) is 16.2. The molecule has 22 heavy (non-hydrogen) atoms. The molecule has 1 aliphatic carbocycles. The summed E-state index contributed by atoms with van der Waals surface area (Å²) in [5.41, 5.74) is 1.94. The van der Waals surface area contributed by atoms with E-state index in [1.54, 1.807) is 12.3 Å². The van der Waals surface area contributed by atoms with E-state index in [-0.39, 0.29) is 18.4 Å². The summed E-state index contributed by atoms with van der Waals surface area (Å²) in [7, 11) is -3.36. The maximum atomic E-state index is 12.3. The van der Waals surface area contributed by atoms with Crippen LogP contribution in [0, 0.1) is 5.41 Å². The van der Waals surface area contributed by atoms with E-state index < -0.39 is 10.0 Å². The second kappa shape index (κ2) is 5.19. The first-order valence-electron chi connectivity index (χ1n) is 6.99. The standard InChI is InChI=1S/C14H16BrN3O2S.ClH/c1-21(19,20)18-11-5-13(15)16-7-9(11)4-12(18)10-6-14(2-3-14)8-17-10;/h4-5,7,10,17H,2-3,6,8H2,1H3;1H. The second-order valence-corrected chi connectivity index (χ2v) is 8.94. The number of pyridine rings is 1. The molecule has 1 spiro atoms. The number of aromatic nitrogens is 2. The summed E-state index contributed by atoms with van der Waals surface area (Å²) in [5.74, 6) is 0. The summed E-state index contributed by atoms with van der Waals surface area (Å²) < 4.78 is 26.7. The lowest BCUT2D eigenvalue weighted by Crippen LogP contribution is -2.21. The molecule has 4 rings (SSSR count). The van der Waals surface area contributed by atoms with E-state index in [4.69, 9.17) is 0 Å². The van der Waals surface area contributed by atoms with Crippen LogP contribution in [-0.2, 0) is 10.0 Å². The molecule has 0 bridgehead atoms. The third-order valence-electron chi connectivity index (χ3n) is 4.64. The molecule has 1 aliphatic heterocycles. The van der Waals surface area contributed by atoms with Crippen molar-refractivity contribution in [1.82, 2.24) is 14.3 Å². The Hall–Kier alpha value is -0.630. The van der Waals surface area contributed by atoms with Gasteiger partial charge in [0.05, 0.1) is 17.5 Å². The SMILES string of the molecule is CS(=O)(=O)n1c(C2CC3(CC3)CN2)cc2cnc(Br)cc21.Cl. The first-order valence-corrected chi connectivity index (χ1v) is 9.63. The minimum atomic E-state index is -3.36. The normalized spacial score (nSPS) is 22.9.